The zero-order valence-electron chi connectivity index (χ0n) is 17.8. The van der Waals surface area contributed by atoms with Gasteiger partial charge in [0.25, 0.3) is 0 Å². The first-order chi connectivity index (χ1) is 14.9. The highest BCUT2D eigenvalue weighted by molar-refractivity contribution is 5.57. The van der Waals surface area contributed by atoms with Crippen LogP contribution in [0.25, 0.3) is 11.3 Å². The number of hydrogen-bond donors (Lipinski definition) is 2. The average Bonchev–Trinajstić information content (AvgIpc) is 3.39. The van der Waals surface area contributed by atoms with E-state index in [4.69, 9.17) is 0 Å². The Labute approximate surface area is 182 Å². The number of phenolic OH excluding ortho intramolecular Hbond substituents is 1. The van der Waals surface area contributed by atoms with Crippen molar-refractivity contribution in [3.63, 3.8) is 0 Å². The van der Waals surface area contributed by atoms with E-state index in [9.17, 15) is 10.2 Å². The standard InChI is InChI=1S/C26H27N3O2/c1-16-12-25-15-26(16,31)11-10-20(25)19-8-9-23(30)17(2)24(19)21(25)13-29-14-22(27-28-29)18-6-4-3-5-7-18/h3-9,14,20-21,30-31H,1,10-13,15H2,2H3/t20-,21-,25-,26-/m0/s1. The van der Waals surface area contributed by atoms with Gasteiger partial charge in [-0.15, -0.1) is 5.10 Å². The van der Waals surface area contributed by atoms with Crippen molar-refractivity contribution in [1.29, 1.82) is 0 Å². The van der Waals surface area contributed by atoms with Crippen LogP contribution < -0.4 is 0 Å². The largest absolute Gasteiger partial charge is 0.508 e. The van der Waals surface area contributed by atoms with Gasteiger partial charge >= 0.3 is 0 Å². The molecule has 0 amide bonds. The molecule has 0 aliphatic heterocycles. The van der Waals surface area contributed by atoms with Gasteiger partial charge in [0, 0.05) is 11.5 Å². The van der Waals surface area contributed by atoms with Crippen molar-refractivity contribution in [2.45, 2.75) is 56.6 Å². The fraction of sp³-hybridized carbons (Fsp3) is 0.385. The van der Waals surface area contributed by atoms with Crippen LogP contribution in [0.1, 0.15) is 54.2 Å². The number of rotatable bonds is 3. The number of nitrogens with zero attached hydrogens (tertiary/aromatic N) is 3. The second kappa shape index (κ2) is 6.30. The molecule has 0 radical (unpaired) electrons. The third-order valence-corrected chi connectivity index (χ3v) is 8.28. The Bertz CT molecular complexity index is 1200. The van der Waals surface area contributed by atoms with E-state index < -0.39 is 5.60 Å². The number of aliphatic hydroxyl groups is 1. The summed E-state index contributed by atoms with van der Waals surface area (Å²) in [4.78, 5) is 0. The van der Waals surface area contributed by atoms with E-state index in [2.05, 4.69) is 23.0 Å². The molecule has 158 valence electrons. The van der Waals surface area contributed by atoms with Crippen LogP contribution in [0.4, 0.5) is 0 Å². The quantitative estimate of drug-likeness (QED) is 0.611. The van der Waals surface area contributed by atoms with Gasteiger partial charge in [-0.25, -0.2) is 0 Å². The third kappa shape index (κ3) is 2.53. The fourth-order valence-electron chi connectivity index (χ4n) is 6.81. The van der Waals surface area contributed by atoms with E-state index >= 15 is 0 Å². The minimum atomic E-state index is -0.760. The van der Waals surface area contributed by atoms with Crippen molar-refractivity contribution < 1.29 is 10.2 Å². The minimum Gasteiger partial charge on any atom is -0.508 e. The highest BCUT2D eigenvalue weighted by Crippen LogP contribution is 2.71. The maximum atomic E-state index is 11.3. The lowest BCUT2D eigenvalue weighted by atomic mass is 9.63. The number of phenols is 1. The first-order valence-electron chi connectivity index (χ1n) is 11.1. The molecule has 3 aromatic rings. The summed E-state index contributed by atoms with van der Waals surface area (Å²) in [6, 6.07) is 14.0. The van der Waals surface area contributed by atoms with Crippen LogP contribution in [0.15, 0.2) is 60.8 Å². The van der Waals surface area contributed by atoms with Gasteiger partial charge in [-0.05, 0) is 72.3 Å². The highest BCUT2D eigenvalue weighted by atomic mass is 16.3. The molecule has 0 saturated heterocycles. The van der Waals surface area contributed by atoms with Crippen molar-refractivity contribution in [3.8, 4) is 17.0 Å². The monoisotopic (exact) mass is 413 g/mol. The summed E-state index contributed by atoms with van der Waals surface area (Å²) in [7, 11) is 0. The number of aromatic hydroxyl groups is 1. The van der Waals surface area contributed by atoms with Gasteiger partial charge in [0.1, 0.15) is 11.4 Å². The number of hydrogen-bond acceptors (Lipinski definition) is 4. The maximum Gasteiger partial charge on any atom is 0.118 e. The molecule has 2 aromatic carbocycles. The molecule has 31 heavy (non-hydrogen) atoms. The number of fused-ring (bicyclic) bond motifs is 3. The van der Waals surface area contributed by atoms with E-state index in [1.165, 1.54) is 11.1 Å². The maximum absolute atomic E-state index is 11.3. The topological polar surface area (TPSA) is 71.2 Å². The van der Waals surface area contributed by atoms with Crippen LogP contribution in [0, 0.1) is 12.3 Å². The lowest BCUT2D eigenvalue weighted by Crippen LogP contribution is -2.39. The summed E-state index contributed by atoms with van der Waals surface area (Å²) in [6.07, 6.45) is 5.30. The SMILES string of the molecule is C=C1C[C@]23C[C@@]1(O)CC[C@H]2c1ccc(O)c(C)c1[C@@H]3Cn1cc(-c2ccccc2)nn1. The molecule has 2 saturated carbocycles. The fourth-order valence-corrected chi connectivity index (χ4v) is 6.81. The Morgan fingerprint density at radius 1 is 1.19 bits per heavy atom. The molecule has 1 spiro atoms. The molecule has 4 atom stereocenters. The van der Waals surface area contributed by atoms with Crippen LogP contribution in [0.2, 0.25) is 0 Å². The van der Waals surface area contributed by atoms with E-state index in [1.807, 2.05) is 54.2 Å². The third-order valence-electron chi connectivity index (χ3n) is 8.28. The van der Waals surface area contributed by atoms with Gasteiger partial charge in [-0.3, -0.25) is 4.68 Å². The molecule has 3 aliphatic rings. The second-order valence-electron chi connectivity index (χ2n) is 9.77. The van der Waals surface area contributed by atoms with Crippen molar-refractivity contribution in [2.24, 2.45) is 5.41 Å². The van der Waals surface area contributed by atoms with Gasteiger partial charge in [-0.1, -0.05) is 48.2 Å². The molecule has 3 aliphatic carbocycles. The summed E-state index contributed by atoms with van der Waals surface area (Å²) < 4.78 is 1.94. The number of benzene rings is 2. The van der Waals surface area contributed by atoms with Gasteiger partial charge < -0.3 is 10.2 Å². The molecule has 1 aromatic heterocycles. The molecule has 5 heteroatoms. The Morgan fingerprint density at radius 2 is 2.00 bits per heavy atom. The van der Waals surface area contributed by atoms with Crippen LogP contribution >= 0.6 is 0 Å². The normalized spacial score (nSPS) is 31.0. The first-order valence-corrected chi connectivity index (χ1v) is 11.1. The van der Waals surface area contributed by atoms with Crippen molar-refractivity contribution in [2.75, 3.05) is 0 Å². The molecule has 0 unspecified atom stereocenters. The minimum absolute atomic E-state index is 0.0795. The van der Waals surface area contributed by atoms with E-state index in [-0.39, 0.29) is 11.3 Å². The molecule has 1 heterocycles. The molecule has 2 bridgehead atoms. The van der Waals surface area contributed by atoms with E-state index in [0.29, 0.717) is 18.2 Å². The van der Waals surface area contributed by atoms with Crippen LogP contribution in [0.5, 0.6) is 5.75 Å². The Balaban J connectivity index is 1.45. The molecular weight excluding hydrogens is 386 g/mol. The Kier molecular flexibility index (Phi) is 3.82. The van der Waals surface area contributed by atoms with Crippen molar-refractivity contribution in [1.82, 2.24) is 15.0 Å². The van der Waals surface area contributed by atoms with Crippen LogP contribution in [0.3, 0.4) is 0 Å². The average molecular weight is 414 g/mol. The van der Waals surface area contributed by atoms with Crippen LogP contribution in [-0.4, -0.2) is 30.8 Å². The molecular formula is C26H27N3O2. The summed E-state index contributed by atoms with van der Waals surface area (Å²) >= 11 is 0. The summed E-state index contributed by atoms with van der Waals surface area (Å²) in [6.45, 7) is 6.97. The molecule has 2 fully saturated rings. The van der Waals surface area contributed by atoms with Gasteiger partial charge in [0.2, 0.25) is 0 Å². The lowest BCUT2D eigenvalue weighted by Gasteiger charge is -2.42. The number of aromatic nitrogens is 3. The smallest absolute Gasteiger partial charge is 0.118 e. The van der Waals surface area contributed by atoms with Crippen molar-refractivity contribution in [3.05, 3.63) is 77.5 Å². The van der Waals surface area contributed by atoms with Gasteiger partial charge in [0.15, 0.2) is 0 Å². The van der Waals surface area contributed by atoms with Crippen LogP contribution in [-0.2, 0) is 6.54 Å². The van der Waals surface area contributed by atoms with Crippen molar-refractivity contribution >= 4 is 0 Å². The predicted octanol–water partition coefficient (Wildman–Crippen LogP) is 4.70. The molecule has 2 N–H and O–H groups in total. The Hall–Kier alpha value is -2.92. The Morgan fingerprint density at radius 3 is 2.81 bits per heavy atom. The molecule has 5 nitrogen and oxygen atoms in total. The highest BCUT2D eigenvalue weighted by Gasteiger charge is 2.64. The predicted molar refractivity (Wildman–Crippen MR) is 119 cm³/mol. The summed E-state index contributed by atoms with van der Waals surface area (Å²) in [5, 5.41) is 30.7. The zero-order chi connectivity index (χ0) is 21.4. The molecule has 6 rings (SSSR count). The zero-order valence-corrected chi connectivity index (χ0v) is 17.8. The van der Waals surface area contributed by atoms with E-state index in [1.54, 1.807) is 0 Å². The van der Waals surface area contributed by atoms with Gasteiger partial charge in [0.05, 0.1) is 18.3 Å². The second-order valence-corrected chi connectivity index (χ2v) is 9.77. The summed E-state index contributed by atoms with van der Waals surface area (Å²) in [5.41, 5.74) is 5.56. The first kappa shape index (κ1) is 18.8. The lowest BCUT2D eigenvalue weighted by molar-refractivity contribution is 0.00370. The summed E-state index contributed by atoms with van der Waals surface area (Å²) in [5.74, 6) is 0.869. The van der Waals surface area contributed by atoms with E-state index in [0.717, 1.165) is 48.1 Å². The van der Waals surface area contributed by atoms with Gasteiger partial charge in [-0.2, -0.15) is 0 Å².